The molecule has 0 unspecified atom stereocenters. The van der Waals surface area contributed by atoms with Gasteiger partial charge in [-0.05, 0) is 43.8 Å². The van der Waals surface area contributed by atoms with Crippen LogP contribution in [0.25, 0.3) is 0 Å². The highest BCUT2D eigenvalue weighted by Gasteiger charge is 2.24. The first-order valence-electron chi connectivity index (χ1n) is 8.61. The average Bonchev–Trinajstić information content (AvgIpc) is 2.66. The molecule has 0 aliphatic carbocycles. The Hall–Kier alpha value is -2.24. The SMILES string of the molecule is CCCCNS(=O)(=O)c1cc(N(C)C(=S)NC(=O)OCC)ccc1C(=O)OC. The number of methoxy groups -OCH3 is 1. The average molecular weight is 432 g/mol. The summed E-state index contributed by atoms with van der Waals surface area (Å²) in [7, 11) is -1.25. The minimum absolute atomic E-state index is 0.00607. The number of unbranched alkanes of at least 4 members (excludes halogenated alkanes) is 1. The Kier molecular flexibility index (Phi) is 9.29. The molecule has 0 bridgehead atoms. The number of ether oxygens (including phenoxy) is 2. The van der Waals surface area contributed by atoms with Gasteiger partial charge in [0.1, 0.15) is 0 Å². The van der Waals surface area contributed by atoms with Gasteiger partial charge in [-0.15, -0.1) is 0 Å². The number of sulfonamides is 1. The molecule has 156 valence electrons. The molecule has 0 aliphatic heterocycles. The van der Waals surface area contributed by atoms with E-state index in [9.17, 15) is 18.0 Å². The molecule has 0 heterocycles. The first-order chi connectivity index (χ1) is 13.2. The lowest BCUT2D eigenvalue weighted by Crippen LogP contribution is -2.41. The molecule has 0 saturated carbocycles. The molecular weight excluding hydrogens is 406 g/mol. The molecule has 0 saturated heterocycles. The molecule has 1 amide bonds. The molecule has 0 atom stereocenters. The second kappa shape index (κ2) is 10.9. The van der Waals surface area contributed by atoms with Crippen molar-refractivity contribution in [1.82, 2.24) is 10.0 Å². The summed E-state index contributed by atoms with van der Waals surface area (Å²) >= 11 is 5.14. The van der Waals surface area contributed by atoms with E-state index in [0.29, 0.717) is 12.1 Å². The van der Waals surface area contributed by atoms with Crippen molar-refractivity contribution >= 4 is 45.1 Å². The number of nitrogens with one attached hydrogen (secondary N) is 2. The van der Waals surface area contributed by atoms with E-state index in [-0.39, 0.29) is 28.7 Å². The van der Waals surface area contributed by atoms with Crippen molar-refractivity contribution in [1.29, 1.82) is 0 Å². The van der Waals surface area contributed by atoms with Gasteiger partial charge in [-0.3, -0.25) is 5.32 Å². The van der Waals surface area contributed by atoms with Crippen LogP contribution in [-0.2, 0) is 19.5 Å². The maximum Gasteiger partial charge on any atom is 0.413 e. The number of thiocarbonyl (C=S) groups is 1. The molecule has 0 aliphatic rings. The summed E-state index contributed by atoms with van der Waals surface area (Å²) in [6.07, 6.45) is 0.739. The zero-order chi connectivity index (χ0) is 21.3. The number of hydrogen-bond donors (Lipinski definition) is 2. The summed E-state index contributed by atoms with van der Waals surface area (Å²) in [5.41, 5.74) is 0.248. The van der Waals surface area contributed by atoms with Gasteiger partial charge in [0.15, 0.2) is 5.11 Å². The fraction of sp³-hybridized carbons (Fsp3) is 0.471. The number of esters is 1. The van der Waals surface area contributed by atoms with Crippen LogP contribution in [0.3, 0.4) is 0 Å². The van der Waals surface area contributed by atoms with E-state index < -0.39 is 22.1 Å². The summed E-state index contributed by atoms with van der Waals surface area (Å²) < 4.78 is 37.3. The summed E-state index contributed by atoms with van der Waals surface area (Å²) in [6.45, 7) is 4.00. The van der Waals surface area contributed by atoms with Crippen LogP contribution in [0.15, 0.2) is 23.1 Å². The molecular formula is C17H25N3O6S2. The monoisotopic (exact) mass is 431 g/mol. The third kappa shape index (κ3) is 6.43. The van der Waals surface area contributed by atoms with Crippen LogP contribution in [0.2, 0.25) is 0 Å². The van der Waals surface area contributed by atoms with Gasteiger partial charge in [-0.25, -0.2) is 22.7 Å². The fourth-order valence-electron chi connectivity index (χ4n) is 2.14. The van der Waals surface area contributed by atoms with Gasteiger partial charge in [0.2, 0.25) is 10.0 Å². The largest absolute Gasteiger partial charge is 0.465 e. The molecule has 2 N–H and O–H groups in total. The maximum atomic E-state index is 12.7. The Morgan fingerprint density at radius 1 is 1.25 bits per heavy atom. The van der Waals surface area contributed by atoms with Gasteiger partial charge >= 0.3 is 12.1 Å². The van der Waals surface area contributed by atoms with Crippen molar-refractivity contribution < 1.29 is 27.5 Å². The second-order valence-corrected chi connectivity index (χ2v) is 7.76. The predicted octanol–water partition coefficient (Wildman–Crippen LogP) is 2.02. The molecule has 0 fully saturated rings. The van der Waals surface area contributed by atoms with Gasteiger partial charge in [0.05, 0.1) is 24.2 Å². The quantitative estimate of drug-likeness (QED) is 0.365. The van der Waals surface area contributed by atoms with Crippen LogP contribution in [0, 0.1) is 0 Å². The molecule has 0 aromatic heterocycles. The molecule has 28 heavy (non-hydrogen) atoms. The van der Waals surface area contributed by atoms with Crippen molar-refractivity contribution in [2.45, 2.75) is 31.6 Å². The number of hydrogen-bond acceptors (Lipinski definition) is 7. The number of benzene rings is 1. The lowest BCUT2D eigenvalue weighted by molar-refractivity contribution is 0.0596. The molecule has 0 spiro atoms. The molecule has 9 nitrogen and oxygen atoms in total. The second-order valence-electron chi connectivity index (χ2n) is 5.63. The van der Waals surface area contributed by atoms with E-state index in [1.54, 1.807) is 14.0 Å². The van der Waals surface area contributed by atoms with Crippen molar-refractivity contribution in [2.24, 2.45) is 0 Å². The number of carbonyl (C=O) groups excluding carboxylic acids is 2. The van der Waals surface area contributed by atoms with Crippen molar-refractivity contribution in [3.63, 3.8) is 0 Å². The number of amides is 1. The van der Waals surface area contributed by atoms with E-state index in [1.165, 1.54) is 30.2 Å². The van der Waals surface area contributed by atoms with Gasteiger partial charge in [-0.1, -0.05) is 13.3 Å². The number of rotatable bonds is 8. The number of alkyl carbamates (subject to hydrolysis) is 1. The zero-order valence-electron chi connectivity index (χ0n) is 16.3. The molecule has 0 radical (unpaired) electrons. The Balaban J connectivity index is 3.25. The number of nitrogens with zero attached hydrogens (tertiary/aromatic N) is 1. The number of anilines is 1. The third-order valence-corrected chi connectivity index (χ3v) is 5.54. The van der Waals surface area contributed by atoms with Crippen molar-refractivity contribution in [3.8, 4) is 0 Å². The third-order valence-electron chi connectivity index (χ3n) is 3.66. The lowest BCUT2D eigenvalue weighted by Gasteiger charge is -2.21. The van der Waals surface area contributed by atoms with E-state index >= 15 is 0 Å². The number of carbonyl (C=O) groups is 2. The van der Waals surface area contributed by atoms with Gasteiger partial charge in [-0.2, -0.15) is 0 Å². The first kappa shape index (κ1) is 23.8. The molecule has 1 aromatic rings. The van der Waals surface area contributed by atoms with Crippen LogP contribution in [0.1, 0.15) is 37.0 Å². The van der Waals surface area contributed by atoms with Crippen molar-refractivity contribution in [2.75, 3.05) is 32.2 Å². The van der Waals surface area contributed by atoms with E-state index in [1.807, 2.05) is 6.92 Å². The summed E-state index contributed by atoms with van der Waals surface area (Å²) in [5.74, 6) is -0.780. The minimum Gasteiger partial charge on any atom is -0.465 e. The zero-order valence-corrected chi connectivity index (χ0v) is 17.9. The highest BCUT2D eigenvalue weighted by Crippen LogP contribution is 2.24. The molecule has 1 aromatic carbocycles. The van der Waals surface area contributed by atoms with Gasteiger partial charge < -0.3 is 14.4 Å². The van der Waals surface area contributed by atoms with Gasteiger partial charge in [0.25, 0.3) is 0 Å². The van der Waals surface area contributed by atoms with Gasteiger partial charge in [0, 0.05) is 19.3 Å². The molecule has 11 heteroatoms. The highest BCUT2D eigenvalue weighted by molar-refractivity contribution is 7.89. The standard InChI is InChI=1S/C17H25N3O6S2/c1-5-7-10-18-28(23,24)14-11-12(8-9-13(14)15(21)25-4)20(3)16(27)19-17(22)26-6-2/h8-9,11,18H,5-7,10H2,1-4H3,(H,19,22,27). The van der Waals surface area contributed by atoms with Crippen molar-refractivity contribution in [3.05, 3.63) is 23.8 Å². The highest BCUT2D eigenvalue weighted by atomic mass is 32.2. The normalized spacial score (nSPS) is 10.9. The van der Waals surface area contributed by atoms with Crippen LogP contribution >= 0.6 is 12.2 Å². The van der Waals surface area contributed by atoms with Crippen LogP contribution in [-0.4, -0.2) is 52.9 Å². The van der Waals surface area contributed by atoms with E-state index in [4.69, 9.17) is 17.0 Å². The Morgan fingerprint density at radius 3 is 2.50 bits per heavy atom. The Bertz CT molecular complexity index is 826. The van der Waals surface area contributed by atoms with Crippen LogP contribution in [0.4, 0.5) is 10.5 Å². The Morgan fingerprint density at radius 2 is 1.93 bits per heavy atom. The van der Waals surface area contributed by atoms with E-state index in [2.05, 4.69) is 14.8 Å². The fourth-order valence-corrected chi connectivity index (χ4v) is 3.61. The van der Waals surface area contributed by atoms with Crippen LogP contribution < -0.4 is 14.9 Å². The topological polar surface area (TPSA) is 114 Å². The first-order valence-corrected chi connectivity index (χ1v) is 10.5. The van der Waals surface area contributed by atoms with Crippen LogP contribution in [0.5, 0.6) is 0 Å². The smallest absolute Gasteiger partial charge is 0.413 e. The Labute approximate surface area is 170 Å². The minimum atomic E-state index is -3.96. The summed E-state index contributed by atoms with van der Waals surface area (Å²) in [6, 6.07) is 4.12. The maximum absolute atomic E-state index is 12.7. The van der Waals surface area contributed by atoms with E-state index in [0.717, 1.165) is 6.42 Å². The summed E-state index contributed by atoms with van der Waals surface area (Å²) in [4.78, 5) is 24.7. The predicted molar refractivity (Wildman–Crippen MR) is 109 cm³/mol. The lowest BCUT2D eigenvalue weighted by atomic mass is 10.2. The molecule has 1 rings (SSSR count). The summed E-state index contributed by atoms with van der Waals surface area (Å²) in [5, 5.41) is 2.37.